The monoisotopic (exact) mass is 512 g/mol. The number of carboxylic acids is 1. The molecule has 0 spiro atoms. The normalized spacial score (nSPS) is 23.1. The first kappa shape index (κ1) is 24.8. The van der Waals surface area contributed by atoms with Crippen molar-refractivity contribution in [3.05, 3.63) is 35.4 Å². The third-order valence-electron chi connectivity index (χ3n) is 8.00. The summed E-state index contributed by atoms with van der Waals surface area (Å²) >= 11 is 6.59. The van der Waals surface area contributed by atoms with Crippen LogP contribution in [0.4, 0.5) is 5.69 Å². The molecule has 1 saturated heterocycles. The summed E-state index contributed by atoms with van der Waals surface area (Å²) in [6.45, 7) is 5.34. The number of piperidine rings is 1. The molecule has 1 aromatic carbocycles. The summed E-state index contributed by atoms with van der Waals surface area (Å²) in [5.41, 5.74) is 1.54. The lowest BCUT2D eigenvalue weighted by molar-refractivity contribution is -0.171. The van der Waals surface area contributed by atoms with Crippen molar-refractivity contribution in [2.45, 2.75) is 70.5 Å². The van der Waals surface area contributed by atoms with Crippen molar-refractivity contribution < 1.29 is 19.7 Å². The molecule has 0 unspecified atom stereocenters. The molecule has 192 valence electrons. The van der Waals surface area contributed by atoms with Crippen LogP contribution in [0.1, 0.15) is 58.8 Å². The summed E-state index contributed by atoms with van der Waals surface area (Å²) in [5.74, 6) is -0.999. The number of pyridine rings is 1. The van der Waals surface area contributed by atoms with E-state index in [9.17, 15) is 15.0 Å². The number of benzene rings is 1. The molecule has 8 nitrogen and oxygen atoms in total. The number of anilines is 1. The van der Waals surface area contributed by atoms with E-state index in [-0.39, 0.29) is 6.10 Å². The highest BCUT2D eigenvalue weighted by Crippen LogP contribution is 2.43. The average Bonchev–Trinajstić information content (AvgIpc) is 3.26. The molecular formula is C27H33ClN4O4. The Morgan fingerprint density at radius 3 is 2.44 bits per heavy atom. The Balaban J connectivity index is 1.29. The quantitative estimate of drug-likeness (QED) is 0.403. The minimum absolute atomic E-state index is 0.173. The first-order chi connectivity index (χ1) is 17.2. The largest absolute Gasteiger partial charge is 0.481 e. The number of imidazole rings is 1. The van der Waals surface area contributed by atoms with Crippen LogP contribution < -0.4 is 9.64 Å². The summed E-state index contributed by atoms with van der Waals surface area (Å²) in [5, 5.41) is 21.0. The standard InChI is InChI=1S/C27H33ClN4O4/c1-26(2,24(33)34)27(35)12-10-19(11-13-27)36-25-29-21-16-20(28)22(30-23(21)31-25)17-6-8-18(9-7-17)32-14-4-3-5-15-32/h6-9,16,19,35H,3-5,10-15H2,1-2H3,(H,33,34)(H,29,30,31)/t19-,27+. The second-order valence-corrected chi connectivity index (χ2v) is 11.0. The number of aliphatic hydroxyl groups is 1. The number of aromatic nitrogens is 3. The van der Waals surface area contributed by atoms with Crippen molar-refractivity contribution in [2.75, 3.05) is 18.0 Å². The van der Waals surface area contributed by atoms with Crippen LogP contribution in [-0.4, -0.2) is 55.9 Å². The van der Waals surface area contributed by atoms with E-state index in [0.717, 1.165) is 18.7 Å². The lowest BCUT2D eigenvalue weighted by Crippen LogP contribution is -2.52. The lowest BCUT2D eigenvalue weighted by Gasteiger charge is -2.44. The van der Waals surface area contributed by atoms with Crippen molar-refractivity contribution in [3.63, 3.8) is 0 Å². The zero-order valence-electron chi connectivity index (χ0n) is 20.8. The third-order valence-corrected chi connectivity index (χ3v) is 8.29. The highest BCUT2D eigenvalue weighted by molar-refractivity contribution is 6.33. The Labute approximate surface area is 215 Å². The molecule has 0 amide bonds. The van der Waals surface area contributed by atoms with E-state index in [1.807, 2.05) is 6.07 Å². The van der Waals surface area contributed by atoms with Crippen LogP contribution in [0.2, 0.25) is 5.02 Å². The minimum atomic E-state index is -1.26. The Morgan fingerprint density at radius 2 is 1.81 bits per heavy atom. The van der Waals surface area contributed by atoms with E-state index >= 15 is 0 Å². The molecule has 0 bridgehead atoms. The van der Waals surface area contributed by atoms with Gasteiger partial charge in [-0.15, -0.1) is 0 Å². The maximum Gasteiger partial charge on any atom is 0.312 e. The second-order valence-electron chi connectivity index (χ2n) is 10.6. The smallest absolute Gasteiger partial charge is 0.312 e. The molecule has 2 aliphatic rings. The van der Waals surface area contributed by atoms with Gasteiger partial charge in [0.1, 0.15) is 6.10 Å². The molecule has 5 rings (SSSR count). The molecule has 0 radical (unpaired) electrons. The Bertz CT molecular complexity index is 1240. The van der Waals surface area contributed by atoms with Gasteiger partial charge < -0.3 is 24.8 Å². The number of carbonyl (C=O) groups is 1. The topological polar surface area (TPSA) is 112 Å². The molecule has 2 fully saturated rings. The van der Waals surface area contributed by atoms with E-state index in [1.165, 1.54) is 24.9 Å². The van der Waals surface area contributed by atoms with E-state index in [0.29, 0.717) is 53.6 Å². The molecule has 0 atom stereocenters. The summed E-state index contributed by atoms with van der Waals surface area (Å²) in [7, 11) is 0. The van der Waals surface area contributed by atoms with Crippen LogP contribution in [0.25, 0.3) is 22.4 Å². The van der Waals surface area contributed by atoms with E-state index in [4.69, 9.17) is 21.3 Å². The summed E-state index contributed by atoms with van der Waals surface area (Å²) in [6, 6.07) is 10.5. The van der Waals surface area contributed by atoms with Gasteiger partial charge in [0.2, 0.25) is 0 Å². The zero-order chi connectivity index (χ0) is 25.5. The van der Waals surface area contributed by atoms with Crippen LogP contribution >= 0.6 is 11.6 Å². The first-order valence-electron chi connectivity index (χ1n) is 12.7. The fourth-order valence-corrected chi connectivity index (χ4v) is 5.57. The molecule has 9 heteroatoms. The van der Waals surface area contributed by atoms with Gasteiger partial charge in [0, 0.05) is 24.3 Å². The Morgan fingerprint density at radius 1 is 1.14 bits per heavy atom. The zero-order valence-corrected chi connectivity index (χ0v) is 21.5. The number of hydrogen-bond acceptors (Lipinski definition) is 6. The van der Waals surface area contributed by atoms with Gasteiger partial charge in [0.25, 0.3) is 6.01 Å². The fourth-order valence-electron chi connectivity index (χ4n) is 5.30. The van der Waals surface area contributed by atoms with Gasteiger partial charge >= 0.3 is 5.97 Å². The predicted molar refractivity (Wildman–Crippen MR) is 140 cm³/mol. The van der Waals surface area contributed by atoms with Gasteiger partial charge in [-0.2, -0.15) is 4.98 Å². The van der Waals surface area contributed by atoms with Crippen LogP contribution in [0.3, 0.4) is 0 Å². The van der Waals surface area contributed by atoms with Crippen molar-refractivity contribution in [1.29, 1.82) is 0 Å². The van der Waals surface area contributed by atoms with E-state index in [2.05, 4.69) is 39.1 Å². The molecule has 3 N–H and O–H groups in total. The summed E-state index contributed by atoms with van der Waals surface area (Å²) in [6.07, 6.45) is 5.36. The number of nitrogens with zero attached hydrogens (tertiary/aromatic N) is 3. The molecule has 1 aliphatic carbocycles. The van der Waals surface area contributed by atoms with Gasteiger partial charge in [-0.25, -0.2) is 4.98 Å². The van der Waals surface area contributed by atoms with Gasteiger partial charge in [0.05, 0.1) is 27.2 Å². The molecule has 1 aliphatic heterocycles. The van der Waals surface area contributed by atoms with Crippen molar-refractivity contribution >= 4 is 34.4 Å². The first-order valence-corrected chi connectivity index (χ1v) is 13.1. The number of nitrogens with one attached hydrogen (secondary N) is 1. The lowest BCUT2D eigenvalue weighted by atomic mass is 9.66. The molecule has 2 aromatic heterocycles. The second kappa shape index (κ2) is 9.56. The van der Waals surface area contributed by atoms with Crippen LogP contribution in [0.5, 0.6) is 6.01 Å². The van der Waals surface area contributed by atoms with Gasteiger partial charge in [0.15, 0.2) is 5.65 Å². The number of aromatic amines is 1. The molecule has 3 aromatic rings. The van der Waals surface area contributed by atoms with Gasteiger partial charge in [-0.05, 0) is 77.0 Å². The summed E-state index contributed by atoms with van der Waals surface area (Å²) in [4.78, 5) is 26.4. The highest BCUT2D eigenvalue weighted by atomic mass is 35.5. The number of ether oxygens (including phenoxy) is 1. The van der Waals surface area contributed by atoms with Crippen molar-refractivity contribution in [3.8, 4) is 17.3 Å². The maximum absolute atomic E-state index is 11.6. The predicted octanol–water partition coefficient (Wildman–Crippen LogP) is 5.43. The SMILES string of the molecule is CC(C)(C(=O)O)[C@]1(O)CC[C@@H](Oc2nc3nc(-c4ccc(N5CCCCC5)cc4)c(Cl)cc3[nH]2)CC1. The Hall–Kier alpha value is -2.84. The minimum Gasteiger partial charge on any atom is -0.481 e. The molecule has 36 heavy (non-hydrogen) atoms. The number of halogens is 1. The van der Waals surface area contributed by atoms with Crippen LogP contribution in [0, 0.1) is 5.41 Å². The number of rotatable bonds is 6. The average molecular weight is 513 g/mol. The van der Waals surface area contributed by atoms with E-state index in [1.54, 1.807) is 13.8 Å². The number of carboxylic acid groups (broad SMARTS) is 1. The maximum atomic E-state index is 11.6. The number of fused-ring (bicyclic) bond motifs is 1. The van der Waals surface area contributed by atoms with Crippen molar-refractivity contribution in [1.82, 2.24) is 15.0 Å². The number of aliphatic carboxylic acids is 1. The highest BCUT2D eigenvalue weighted by Gasteiger charge is 2.50. The summed E-state index contributed by atoms with van der Waals surface area (Å²) < 4.78 is 6.06. The number of hydrogen-bond donors (Lipinski definition) is 3. The molecule has 1 saturated carbocycles. The Kier molecular flexibility index (Phi) is 6.59. The fraction of sp³-hybridized carbons (Fsp3) is 0.519. The van der Waals surface area contributed by atoms with E-state index < -0.39 is 17.0 Å². The van der Waals surface area contributed by atoms with Gasteiger partial charge in [-0.3, -0.25) is 4.79 Å². The van der Waals surface area contributed by atoms with Crippen LogP contribution in [-0.2, 0) is 4.79 Å². The van der Waals surface area contributed by atoms with Gasteiger partial charge in [-0.1, -0.05) is 23.7 Å². The van der Waals surface area contributed by atoms with Crippen LogP contribution in [0.15, 0.2) is 30.3 Å². The molecule has 3 heterocycles. The number of H-pyrrole nitrogens is 1. The third kappa shape index (κ3) is 4.64. The molecular weight excluding hydrogens is 480 g/mol. The van der Waals surface area contributed by atoms with Crippen molar-refractivity contribution in [2.24, 2.45) is 5.41 Å².